The van der Waals surface area contributed by atoms with E-state index in [0.717, 1.165) is 37.4 Å². The number of aryl methyl sites for hydroxylation is 1. The molecule has 2 heterocycles. The van der Waals surface area contributed by atoms with E-state index < -0.39 is 5.92 Å². The lowest BCUT2D eigenvalue weighted by atomic mass is 9.95. The summed E-state index contributed by atoms with van der Waals surface area (Å²) >= 11 is 0. The van der Waals surface area contributed by atoms with Crippen LogP contribution in [0.3, 0.4) is 0 Å². The normalized spacial score (nSPS) is 21.5. The maximum atomic E-state index is 14.4. The maximum Gasteiger partial charge on any atom is 0.292 e. The van der Waals surface area contributed by atoms with Crippen LogP contribution in [0.5, 0.6) is 5.75 Å². The molecule has 122 valence electrons. The lowest BCUT2D eigenvalue weighted by Gasteiger charge is -2.31. The third kappa shape index (κ3) is 2.67. The molecule has 5 heteroatoms. The summed E-state index contributed by atoms with van der Waals surface area (Å²) in [7, 11) is 1.56. The first-order valence-corrected chi connectivity index (χ1v) is 7.97. The van der Waals surface area contributed by atoms with Crippen LogP contribution in [0, 0.1) is 12.8 Å². The van der Waals surface area contributed by atoms with Gasteiger partial charge in [-0.3, -0.25) is 4.90 Å². The zero-order valence-corrected chi connectivity index (χ0v) is 13.5. The Labute approximate surface area is 130 Å². The second-order valence-electron chi connectivity index (χ2n) is 6.64. The number of nitrogens with one attached hydrogen (secondary N) is 1. The van der Waals surface area contributed by atoms with Gasteiger partial charge in [0, 0.05) is 17.8 Å². The fraction of sp³-hybridized carbons (Fsp3) is 0.647. The Hall–Kier alpha value is -1.36. The fourth-order valence-electron chi connectivity index (χ4n) is 3.53. The Balaban J connectivity index is 1.97. The van der Waals surface area contributed by atoms with Crippen molar-refractivity contribution < 1.29 is 13.5 Å². The van der Waals surface area contributed by atoms with Gasteiger partial charge in [0.05, 0.1) is 19.2 Å². The lowest BCUT2D eigenvalue weighted by molar-refractivity contribution is 0.0165. The van der Waals surface area contributed by atoms with Crippen molar-refractivity contribution in [3.8, 4) is 5.75 Å². The molecule has 1 fully saturated rings. The van der Waals surface area contributed by atoms with Gasteiger partial charge in [-0.25, -0.2) is 0 Å². The van der Waals surface area contributed by atoms with Crippen molar-refractivity contribution in [3.63, 3.8) is 0 Å². The second-order valence-corrected chi connectivity index (χ2v) is 6.64. The van der Waals surface area contributed by atoms with Crippen molar-refractivity contribution in [3.05, 3.63) is 22.8 Å². The number of likely N-dealkylation sites (tertiary alicyclic amines) is 1. The summed E-state index contributed by atoms with van der Waals surface area (Å²) in [6.45, 7) is 6.25. The predicted molar refractivity (Wildman–Crippen MR) is 83.8 cm³/mol. The zero-order chi connectivity index (χ0) is 15.9. The smallest absolute Gasteiger partial charge is 0.292 e. The van der Waals surface area contributed by atoms with E-state index in [1.54, 1.807) is 7.11 Å². The van der Waals surface area contributed by atoms with Crippen LogP contribution in [-0.2, 0) is 12.5 Å². The third-order valence-corrected chi connectivity index (χ3v) is 4.92. The number of fused-ring (bicyclic) bond motifs is 1. The summed E-state index contributed by atoms with van der Waals surface area (Å²) in [5, 5.41) is 2.87. The molecule has 1 N–H and O–H groups in total. The van der Waals surface area contributed by atoms with Gasteiger partial charge in [0.2, 0.25) is 0 Å². The van der Waals surface area contributed by atoms with Gasteiger partial charge in [-0.05, 0) is 50.4 Å². The minimum Gasteiger partial charge on any atom is -0.496 e. The van der Waals surface area contributed by atoms with E-state index in [1.807, 2.05) is 13.0 Å². The van der Waals surface area contributed by atoms with Crippen LogP contribution in [0.2, 0.25) is 0 Å². The third-order valence-electron chi connectivity index (χ3n) is 4.92. The van der Waals surface area contributed by atoms with Crippen molar-refractivity contribution >= 4 is 5.69 Å². The average Bonchev–Trinajstić information content (AvgIpc) is 2.80. The van der Waals surface area contributed by atoms with Crippen LogP contribution in [0.15, 0.2) is 6.07 Å². The predicted octanol–water partition coefficient (Wildman–Crippen LogP) is 3.75. The van der Waals surface area contributed by atoms with Crippen molar-refractivity contribution in [2.75, 3.05) is 32.1 Å². The Morgan fingerprint density at radius 3 is 2.68 bits per heavy atom. The Bertz CT molecular complexity index is 566. The first kappa shape index (κ1) is 15.5. The highest BCUT2D eigenvalue weighted by atomic mass is 19.3. The van der Waals surface area contributed by atoms with E-state index in [2.05, 4.69) is 17.1 Å². The van der Waals surface area contributed by atoms with Crippen LogP contribution in [0.4, 0.5) is 14.5 Å². The molecule has 1 saturated heterocycles. The number of ether oxygens (including phenoxy) is 1. The van der Waals surface area contributed by atoms with Crippen LogP contribution in [-0.4, -0.2) is 31.6 Å². The molecule has 0 bridgehead atoms. The second kappa shape index (κ2) is 5.69. The van der Waals surface area contributed by atoms with Crippen LogP contribution < -0.4 is 10.1 Å². The summed E-state index contributed by atoms with van der Waals surface area (Å²) in [6, 6.07) is 1.87. The number of methoxy groups -OCH3 is 1. The molecule has 2 aliphatic rings. The lowest BCUT2D eigenvalue weighted by Crippen LogP contribution is -2.33. The number of anilines is 1. The first-order chi connectivity index (χ1) is 10.4. The molecule has 0 spiro atoms. The van der Waals surface area contributed by atoms with Gasteiger partial charge in [0.25, 0.3) is 5.92 Å². The number of hydrogen-bond donors (Lipinski definition) is 1. The number of hydrogen-bond acceptors (Lipinski definition) is 3. The average molecular weight is 310 g/mol. The molecule has 0 amide bonds. The van der Waals surface area contributed by atoms with E-state index in [1.165, 1.54) is 0 Å². The summed E-state index contributed by atoms with van der Waals surface area (Å²) in [6.07, 6.45) is 2.26. The molecule has 1 aromatic carbocycles. The molecule has 22 heavy (non-hydrogen) atoms. The van der Waals surface area contributed by atoms with E-state index in [9.17, 15) is 8.78 Å². The molecule has 0 aliphatic carbocycles. The molecule has 3 rings (SSSR count). The van der Waals surface area contributed by atoms with E-state index in [-0.39, 0.29) is 12.1 Å². The van der Waals surface area contributed by atoms with Crippen LogP contribution in [0.25, 0.3) is 0 Å². The van der Waals surface area contributed by atoms with Gasteiger partial charge in [-0.1, -0.05) is 6.92 Å². The molecule has 1 aromatic rings. The van der Waals surface area contributed by atoms with E-state index in [0.29, 0.717) is 23.5 Å². The summed E-state index contributed by atoms with van der Waals surface area (Å²) in [5.74, 6) is -1.52. The van der Waals surface area contributed by atoms with E-state index in [4.69, 9.17) is 4.74 Å². The van der Waals surface area contributed by atoms with Crippen LogP contribution >= 0.6 is 0 Å². The van der Waals surface area contributed by atoms with Gasteiger partial charge in [0.15, 0.2) is 0 Å². The fourth-order valence-corrected chi connectivity index (χ4v) is 3.53. The molecule has 0 aromatic heterocycles. The van der Waals surface area contributed by atoms with Gasteiger partial charge in [0.1, 0.15) is 5.75 Å². The number of alkyl halides is 2. The Morgan fingerprint density at radius 1 is 1.36 bits per heavy atom. The van der Waals surface area contributed by atoms with Gasteiger partial charge in [-0.2, -0.15) is 8.78 Å². The largest absolute Gasteiger partial charge is 0.496 e. The molecule has 3 nitrogen and oxygen atoms in total. The van der Waals surface area contributed by atoms with Gasteiger partial charge in [-0.15, -0.1) is 0 Å². The van der Waals surface area contributed by atoms with Crippen molar-refractivity contribution in [1.82, 2.24) is 4.90 Å². The standard InChI is InChI=1S/C17H24F2N2O/c1-11-4-6-21(7-5-11)9-13-14(22-3)8-12(2)16-15(13)17(18,19)10-20-16/h8,11,20H,4-7,9-10H2,1-3H3. The molecular formula is C17H24F2N2O. The minimum absolute atomic E-state index is 0.142. The SMILES string of the molecule is COc1cc(C)c2c(c1CN1CCC(C)CC1)C(F)(F)CN2. The molecule has 0 radical (unpaired) electrons. The first-order valence-electron chi connectivity index (χ1n) is 7.97. The summed E-state index contributed by atoms with van der Waals surface area (Å²) < 4.78 is 34.2. The zero-order valence-electron chi connectivity index (χ0n) is 13.5. The number of halogens is 2. The number of piperidine rings is 1. The molecule has 0 atom stereocenters. The monoisotopic (exact) mass is 310 g/mol. The highest BCUT2D eigenvalue weighted by Gasteiger charge is 2.43. The molecular weight excluding hydrogens is 286 g/mol. The topological polar surface area (TPSA) is 24.5 Å². The molecule has 2 aliphatic heterocycles. The maximum absolute atomic E-state index is 14.4. The Kier molecular flexibility index (Phi) is 4.02. The molecule has 0 unspecified atom stereocenters. The van der Waals surface area contributed by atoms with Crippen molar-refractivity contribution in [2.45, 2.75) is 39.2 Å². The highest BCUT2D eigenvalue weighted by Crippen LogP contribution is 2.47. The highest BCUT2D eigenvalue weighted by molar-refractivity contribution is 5.69. The molecule has 0 saturated carbocycles. The van der Waals surface area contributed by atoms with Crippen LogP contribution in [0.1, 0.15) is 36.5 Å². The minimum atomic E-state index is -2.83. The quantitative estimate of drug-likeness (QED) is 0.920. The summed E-state index contributed by atoms with van der Waals surface area (Å²) in [4.78, 5) is 2.27. The Morgan fingerprint density at radius 2 is 2.05 bits per heavy atom. The van der Waals surface area contributed by atoms with Gasteiger partial charge >= 0.3 is 0 Å². The van der Waals surface area contributed by atoms with E-state index >= 15 is 0 Å². The number of nitrogens with zero attached hydrogens (tertiary/aromatic N) is 1. The number of rotatable bonds is 3. The van der Waals surface area contributed by atoms with Crippen molar-refractivity contribution in [2.24, 2.45) is 5.92 Å². The number of benzene rings is 1. The summed E-state index contributed by atoms with van der Waals surface area (Å²) in [5.41, 5.74) is 2.20. The van der Waals surface area contributed by atoms with Gasteiger partial charge < -0.3 is 10.1 Å². The van der Waals surface area contributed by atoms with Crippen molar-refractivity contribution in [1.29, 1.82) is 0 Å².